The van der Waals surface area contributed by atoms with Gasteiger partial charge in [0.1, 0.15) is 0 Å². The Morgan fingerprint density at radius 1 is 1.05 bits per heavy atom. The second-order valence-electron chi connectivity index (χ2n) is 6.49. The van der Waals surface area contributed by atoms with E-state index in [1.165, 1.54) is 5.56 Å². The van der Waals surface area contributed by atoms with Gasteiger partial charge in [-0.2, -0.15) is 13.2 Å². The smallest absolute Gasteiger partial charge is 0.310 e. The Balaban J connectivity index is 2.72. The van der Waals surface area contributed by atoms with E-state index in [0.29, 0.717) is 6.42 Å². The molecule has 0 amide bonds. The number of nitrogens with one attached hydrogen (secondary N) is 1. The maximum absolute atomic E-state index is 12.3. The molecule has 0 fully saturated rings. The normalized spacial score (nSPS) is 14.2. The first-order chi connectivity index (χ1) is 9.63. The van der Waals surface area contributed by atoms with E-state index in [1.54, 1.807) is 0 Å². The van der Waals surface area contributed by atoms with Crippen LogP contribution in [0.3, 0.4) is 0 Å². The summed E-state index contributed by atoms with van der Waals surface area (Å²) in [5.74, 6) is 0. The van der Waals surface area contributed by atoms with Gasteiger partial charge in [-0.3, -0.25) is 0 Å². The van der Waals surface area contributed by atoms with Crippen LogP contribution in [0.4, 0.5) is 13.2 Å². The van der Waals surface area contributed by atoms with Crippen LogP contribution in [-0.2, 0) is 5.41 Å². The maximum Gasteiger partial charge on any atom is 0.389 e. The van der Waals surface area contributed by atoms with E-state index in [0.717, 1.165) is 12.1 Å². The molecule has 1 N–H and O–H groups in total. The minimum absolute atomic E-state index is 0.00799. The summed E-state index contributed by atoms with van der Waals surface area (Å²) in [6.45, 7) is 9.16. The van der Waals surface area contributed by atoms with E-state index in [4.69, 9.17) is 0 Å². The molecule has 0 radical (unpaired) electrons. The second-order valence-corrected chi connectivity index (χ2v) is 6.49. The molecule has 1 atom stereocenters. The van der Waals surface area contributed by atoms with Gasteiger partial charge in [0.2, 0.25) is 0 Å². The fourth-order valence-corrected chi connectivity index (χ4v) is 2.36. The first kappa shape index (κ1) is 18.0. The van der Waals surface area contributed by atoms with Gasteiger partial charge >= 0.3 is 6.18 Å². The van der Waals surface area contributed by atoms with E-state index in [1.807, 2.05) is 19.1 Å². The van der Waals surface area contributed by atoms with Crippen LogP contribution in [0.5, 0.6) is 0 Å². The van der Waals surface area contributed by atoms with Crippen LogP contribution in [-0.4, -0.2) is 12.7 Å². The highest BCUT2D eigenvalue weighted by Crippen LogP contribution is 2.28. The van der Waals surface area contributed by atoms with Gasteiger partial charge in [-0.15, -0.1) is 0 Å². The molecule has 0 aromatic heterocycles. The molecule has 0 aliphatic heterocycles. The zero-order valence-corrected chi connectivity index (χ0v) is 13.3. The Morgan fingerprint density at radius 2 is 1.62 bits per heavy atom. The van der Waals surface area contributed by atoms with Gasteiger partial charge in [-0.25, -0.2) is 0 Å². The number of halogens is 3. The molecule has 1 aromatic carbocycles. The molecule has 0 aliphatic rings. The van der Waals surface area contributed by atoms with Crippen LogP contribution < -0.4 is 5.32 Å². The summed E-state index contributed by atoms with van der Waals surface area (Å²) >= 11 is 0. The molecule has 21 heavy (non-hydrogen) atoms. The van der Waals surface area contributed by atoms with Crippen LogP contribution in [0.15, 0.2) is 24.3 Å². The predicted molar refractivity (Wildman–Crippen MR) is 81.5 cm³/mol. The summed E-state index contributed by atoms with van der Waals surface area (Å²) < 4.78 is 36.8. The average Bonchev–Trinajstić information content (AvgIpc) is 2.35. The topological polar surface area (TPSA) is 12.0 Å². The third-order valence-corrected chi connectivity index (χ3v) is 3.58. The summed E-state index contributed by atoms with van der Waals surface area (Å²) in [4.78, 5) is 0. The zero-order valence-electron chi connectivity index (χ0n) is 13.3. The minimum Gasteiger partial charge on any atom is -0.310 e. The lowest BCUT2D eigenvalue weighted by Crippen LogP contribution is -2.22. The third-order valence-electron chi connectivity index (χ3n) is 3.58. The van der Waals surface area contributed by atoms with Gasteiger partial charge in [0.05, 0.1) is 0 Å². The monoisotopic (exact) mass is 301 g/mol. The second kappa shape index (κ2) is 7.30. The van der Waals surface area contributed by atoms with Crippen LogP contribution in [0.1, 0.15) is 64.1 Å². The molecule has 0 saturated carbocycles. The van der Waals surface area contributed by atoms with E-state index in [9.17, 15) is 13.2 Å². The highest BCUT2D eigenvalue weighted by Gasteiger charge is 2.26. The van der Waals surface area contributed by atoms with E-state index in [-0.39, 0.29) is 17.9 Å². The van der Waals surface area contributed by atoms with E-state index in [2.05, 4.69) is 38.2 Å². The van der Waals surface area contributed by atoms with Crippen LogP contribution in [0, 0.1) is 0 Å². The molecule has 0 saturated heterocycles. The van der Waals surface area contributed by atoms with E-state index >= 15 is 0 Å². The molecule has 1 nitrogen and oxygen atoms in total. The summed E-state index contributed by atoms with van der Waals surface area (Å²) in [7, 11) is 0. The van der Waals surface area contributed by atoms with Gasteiger partial charge < -0.3 is 5.32 Å². The fraction of sp³-hybridized carbons (Fsp3) is 0.647. The van der Waals surface area contributed by atoms with Crippen molar-refractivity contribution in [2.75, 3.05) is 6.54 Å². The molecule has 0 spiro atoms. The van der Waals surface area contributed by atoms with Crippen molar-refractivity contribution in [1.29, 1.82) is 0 Å². The molecule has 1 aromatic rings. The third kappa shape index (κ3) is 6.51. The van der Waals surface area contributed by atoms with Crippen molar-refractivity contribution in [2.45, 2.75) is 64.6 Å². The van der Waals surface area contributed by atoms with E-state index < -0.39 is 12.6 Å². The molecular formula is C17H26F3N. The van der Waals surface area contributed by atoms with Crippen LogP contribution in [0.25, 0.3) is 0 Å². The van der Waals surface area contributed by atoms with Crippen molar-refractivity contribution >= 4 is 0 Å². The lowest BCUT2D eigenvalue weighted by atomic mass is 9.86. The molecule has 4 heteroatoms. The summed E-state index contributed by atoms with van der Waals surface area (Å²) in [5, 5.41) is 3.28. The standard InChI is InChI=1S/C17H26F3N/c1-5-21-15(7-6-12-17(18,19)20)13-8-10-14(11-9-13)16(2,3)4/h8-11,15,21H,5-7,12H2,1-4H3. The number of hydrogen-bond acceptors (Lipinski definition) is 1. The van der Waals surface area contributed by atoms with Gasteiger partial charge in [0.15, 0.2) is 0 Å². The van der Waals surface area contributed by atoms with Crippen LogP contribution in [0.2, 0.25) is 0 Å². The van der Waals surface area contributed by atoms with Crippen LogP contribution >= 0.6 is 0 Å². The van der Waals surface area contributed by atoms with Crippen molar-refractivity contribution < 1.29 is 13.2 Å². The lowest BCUT2D eigenvalue weighted by molar-refractivity contribution is -0.135. The Kier molecular flexibility index (Phi) is 6.26. The quantitative estimate of drug-likeness (QED) is 0.745. The fourth-order valence-electron chi connectivity index (χ4n) is 2.36. The van der Waals surface area contributed by atoms with Gasteiger partial charge in [0.25, 0.3) is 0 Å². The zero-order chi connectivity index (χ0) is 16.1. The largest absolute Gasteiger partial charge is 0.389 e. The van der Waals surface area contributed by atoms with Gasteiger partial charge in [-0.05, 0) is 35.9 Å². The summed E-state index contributed by atoms with van der Waals surface area (Å²) in [6, 6.07) is 8.20. The van der Waals surface area contributed by atoms with Crippen molar-refractivity contribution in [2.24, 2.45) is 0 Å². The van der Waals surface area contributed by atoms with Gasteiger partial charge in [0, 0.05) is 12.5 Å². The molecule has 0 aliphatic carbocycles. The maximum atomic E-state index is 12.3. The summed E-state index contributed by atoms with van der Waals surface area (Å²) in [5.41, 5.74) is 2.38. The number of alkyl halides is 3. The first-order valence-corrected chi connectivity index (χ1v) is 7.54. The van der Waals surface area contributed by atoms with Crippen molar-refractivity contribution in [3.63, 3.8) is 0 Å². The SMILES string of the molecule is CCNC(CCCC(F)(F)F)c1ccc(C(C)(C)C)cc1. The lowest BCUT2D eigenvalue weighted by Gasteiger charge is -2.22. The molecular weight excluding hydrogens is 275 g/mol. The van der Waals surface area contributed by atoms with Crippen molar-refractivity contribution in [3.05, 3.63) is 35.4 Å². The highest BCUT2D eigenvalue weighted by atomic mass is 19.4. The predicted octanol–water partition coefficient (Wildman–Crippen LogP) is 5.37. The Hall–Kier alpha value is -1.03. The number of rotatable bonds is 6. The summed E-state index contributed by atoms with van der Waals surface area (Å²) in [6.07, 6.45) is -4.12. The van der Waals surface area contributed by atoms with Crippen molar-refractivity contribution in [1.82, 2.24) is 5.32 Å². The molecule has 1 unspecified atom stereocenters. The van der Waals surface area contributed by atoms with Crippen molar-refractivity contribution in [3.8, 4) is 0 Å². The Morgan fingerprint density at radius 3 is 2.05 bits per heavy atom. The highest BCUT2D eigenvalue weighted by molar-refractivity contribution is 5.29. The molecule has 0 bridgehead atoms. The Bertz CT molecular complexity index is 415. The minimum atomic E-state index is -4.06. The average molecular weight is 301 g/mol. The number of benzene rings is 1. The molecule has 1 rings (SSSR count). The number of hydrogen-bond donors (Lipinski definition) is 1. The molecule has 0 heterocycles. The Labute approximate surface area is 125 Å². The molecule has 120 valence electrons. The first-order valence-electron chi connectivity index (χ1n) is 7.54. The van der Waals surface area contributed by atoms with Gasteiger partial charge in [-0.1, -0.05) is 52.0 Å².